The van der Waals surface area contributed by atoms with Crippen molar-refractivity contribution >= 4 is 35.1 Å². The Morgan fingerprint density at radius 2 is 2.00 bits per heavy atom. The predicted octanol–water partition coefficient (Wildman–Crippen LogP) is 3.11. The second kappa shape index (κ2) is 7.36. The van der Waals surface area contributed by atoms with E-state index in [1.807, 2.05) is 0 Å². The van der Waals surface area contributed by atoms with Crippen molar-refractivity contribution in [2.75, 3.05) is 0 Å². The zero-order valence-corrected chi connectivity index (χ0v) is 12.0. The van der Waals surface area contributed by atoms with Crippen molar-refractivity contribution in [3.05, 3.63) is 33.8 Å². The van der Waals surface area contributed by atoms with Crippen LogP contribution in [0.4, 0.5) is 0 Å². The topological polar surface area (TPSA) is 66.4 Å². The van der Waals surface area contributed by atoms with Gasteiger partial charge in [0, 0.05) is 19.4 Å². The molecule has 104 valence electrons. The summed E-state index contributed by atoms with van der Waals surface area (Å²) in [5.41, 5.74) is 0.730. The van der Waals surface area contributed by atoms with E-state index in [1.54, 1.807) is 25.1 Å². The minimum absolute atomic E-state index is 0.0225. The van der Waals surface area contributed by atoms with Crippen molar-refractivity contribution in [1.29, 1.82) is 0 Å². The van der Waals surface area contributed by atoms with Crippen LogP contribution in [0.1, 0.15) is 25.3 Å². The molecule has 0 saturated heterocycles. The van der Waals surface area contributed by atoms with Crippen molar-refractivity contribution in [2.24, 2.45) is 5.92 Å². The summed E-state index contributed by atoms with van der Waals surface area (Å²) >= 11 is 11.9. The first-order valence-electron chi connectivity index (χ1n) is 5.81. The number of nitrogens with one attached hydrogen (secondary N) is 1. The molecule has 0 heterocycles. The minimum atomic E-state index is -0.904. The lowest BCUT2D eigenvalue weighted by Gasteiger charge is -2.10. The van der Waals surface area contributed by atoms with Crippen LogP contribution in [-0.4, -0.2) is 17.0 Å². The van der Waals surface area contributed by atoms with Gasteiger partial charge in [-0.15, -0.1) is 0 Å². The van der Waals surface area contributed by atoms with E-state index in [0.717, 1.165) is 5.56 Å². The summed E-state index contributed by atoms with van der Waals surface area (Å²) in [5.74, 6) is -1.31. The molecule has 1 amide bonds. The fourth-order valence-corrected chi connectivity index (χ4v) is 2.02. The summed E-state index contributed by atoms with van der Waals surface area (Å²) in [6, 6.07) is 5.20. The quantitative estimate of drug-likeness (QED) is 0.848. The number of halogens is 2. The van der Waals surface area contributed by atoms with Gasteiger partial charge in [0.25, 0.3) is 0 Å². The van der Waals surface area contributed by atoms with E-state index in [2.05, 4.69) is 5.32 Å². The number of carbonyl (C=O) groups is 2. The van der Waals surface area contributed by atoms with Crippen molar-refractivity contribution in [2.45, 2.75) is 26.3 Å². The lowest BCUT2D eigenvalue weighted by atomic mass is 10.0. The number of benzene rings is 1. The SMILES string of the molecule is CC(CC(=O)O)CC(=O)NCc1cccc(Cl)c1Cl. The maximum Gasteiger partial charge on any atom is 0.303 e. The van der Waals surface area contributed by atoms with Gasteiger partial charge in [-0.1, -0.05) is 42.3 Å². The van der Waals surface area contributed by atoms with Gasteiger partial charge in [-0.2, -0.15) is 0 Å². The van der Waals surface area contributed by atoms with Gasteiger partial charge in [0.2, 0.25) is 5.91 Å². The third-order valence-electron chi connectivity index (χ3n) is 2.56. The molecule has 0 aliphatic carbocycles. The van der Waals surface area contributed by atoms with Gasteiger partial charge in [-0.05, 0) is 17.5 Å². The Bertz CT molecular complexity index is 477. The average molecular weight is 304 g/mol. The smallest absolute Gasteiger partial charge is 0.303 e. The van der Waals surface area contributed by atoms with Crippen molar-refractivity contribution in [1.82, 2.24) is 5.32 Å². The van der Waals surface area contributed by atoms with Crippen LogP contribution in [-0.2, 0) is 16.1 Å². The molecular formula is C13H15Cl2NO3. The molecule has 0 aromatic heterocycles. The number of carbonyl (C=O) groups excluding carboxylic acids is 1. The molecule has 4 nitrogen and oxygen atoms in total. The summed E-state index contributed by atoms with van der Waals surface area (Å²) in [4.78, 5) is 22.1. The van der Waals surface area contributed by atoms with Crippen LogP contribution in [0, 0.1) is 5.92 Å². The molecule has 19 heavy (non-hydrogen) atoms. The zero-order valence-electron chi connectivity index (χ0n) is 10.5. The molecule has 0 bridgehead atoms. The third kappa shape index (κ3) is 5.49. The molecule has 2 N–H and O–H groups in total. The molecule has 0 saturated carbocycles. The Kier molecular flexibility index (Phi) is 6.12. The highest BCUT2D eigenvalue weighted by Gasteiger charge is 2.13. The molecule has 0 fully saturated rings. The van der Waals surface area contributed by atoms with Crippen LogP contribution in [0.25, 0.3) is 0 Å². The number of hydrogen-bond donors (Lipinski definition) is 2. The van der Waals surface area contributed by atoms with Gasteiger partial charge in [0.15, 0.2) is 0 Å². The fraction of sp³-hybridized carbons (Fsp3) is 0.385. The number of carboxylic acids is 1. The maximum absolute atomic E-state index is 11.6. The summed E-state index contributed by atoms with van der Waals surface area (Å²) in [6.07, 6.45) is 0.149. The molecule has 1 unspecified atom stereocenters. The largest absolute Gasteiger partial charge is 0.481 e. The lowest BCUT2D eigenvalue weighted by molar-refractivity contribution is -0.138. The normalized spacial score (nSPS) is 11.9. The van der Waals surface area contributed by atoms with E-state index in [0.29, 0.717) is 10.0 Å². The van der Waals surface area contributed by atoms with Crippen LogP contribution in [0.2, 0.25) is 10.0 Å². The van der Waals surface area contributed by atoms with Gasteiger partial charge < -0.3 is 10.4 Å². The van der Waals surface area contributed by atoms with Crippen LogP contribution in [0.3, 0.4) is 0 Å². The predicted molar refractivity (Wildman–Crippen MR) is 74.3 cm³/mol. The van der Waals surface area contributed by atoms with Crippen molar-refractivity contribution in [3.63, 3.8) is 0 Å². The lowest BCUT2D eigenvalue weighted by Crippen LogP contribution is -2.25. The van der Waals surface area contributed by atoms with Gasteiger partial charge in [0.1, 0.15) is 0 Å². The Morgan fingerprint density at radius 3 is 2.63 bits per heavy atom. The number of rotatable bonds is 6. The molecule has 0 radical (unpaired) electrons. The molecule has 1 aromatic carbocycles. The van der Waals surface area contributed by atoms with E-state index >= 15 is 0 Å². The van der Waals surface area contributed by atoms with Crippen LogP contribution < -0.4 is 5.32 Å². The molecular weight excluding hydrogens is 289 g/mol. The molecule has 0 aliphatic rings. The monoisotopic (exact) mass is 303 g/mol. The first kappa shape index (κ1) is 15.8. The highest BCUT2D eigenvalue weighted by molar-refractivity contribution is 6.42. The summed E-state index contributed by atoms with van der Waals surface area (Å²) < 4.78 is 0. The first-order chi connectivity index (χ1) is 8.90. The summed E-state index contributed by atoms with van der Waals surface area (Å²) in [5, 5.41) is 12.2. The number of hydrogen-bond acceptors (Lipinski definition) is 2. The Labute approximate surface area is 121 Å². The molecule has 1 atom stereocenters. The van der Waals surface area contributed by atoms with Crippen molar-refractivity contribution < 1.29 is 14.7 Å². The van der Waals surface area contributed by atoms with Gasteiger partial charge in [-0.3, -0.25) is 9.59 Å². The van der Waals surface area contributed by atoms with E-state index in [-0.39, 0.29) is 31.2 Å². The molecule has 6 heteroatoms. The zero-order chi connectivity index (χ0) is 14.4. The second-order valence-corrected chi connectivity index (χ2v) is 5.18. The number of carboxylic acid groups (broad SMARTS) is 1. The molecule has 1 aromatic rings. The van der Waals surface area contributed by atoms with Gasteiger partial charge in [-0.25, -0.2) is 0 Å². The Morgan fingerprint density at radius 1 is 1.32 bits per heavy atom. The summed E-state index contributed by atoms with van der Waals surface area (Å²) in [7, 11) is 0. The molecule has 0 aliphatic heterocycles. The minimum Gasteiger partial charge on any atom is -0.481 e. The third-order valence-corrected chi connectivity index (χ3v) is 3.42. The maximum atomic E-state index is 11.6. The molecule has 0 spiro atoms. The van der Waals surface area contributed by atoms with E-state index in [9.17, 15) is 9.59 Å². The average Bonchev–Trinajstić information content (AvgIpc) is 2.30. The van der Waals surface area contributed by atoms with E-state index in [4.69, 9.17) is 28.3 Å². The second-order valence-electron chi connectivity index (χ2n) is 4.40. The molecule has 1 rings (SSSR count). The number of amides is 1. The first-order valence-corrected chi connectivity index (χ1v) is 6.57. The summed E-state index contributed by atoms with van der Waals surface area (Å²) in [6.45, 7) is 2.00. The van der Waals surface area contributed by atoms with Gasteiger partial charge in [0.05, 0.1) is 10.0 Å². The highest BCUT2D eigenvalue weighted by Crippen LogP contribution is 2.25. The Hall–Kier alpha value is -1.26. The fourth-order valence-electron chi connectivity index (χ4n) is 1.64. The van der Waals surface area contributed by atoms with Gasteiger partial charge >= 0.3 is 5.97 Å². The van der Waals surface area contributed by atoms with Crippen LogP contribution in [0.5, 0.6) is 0 Å². The number of aliphatic carboxylic acids is 1. The van der Waals surface area contributed by atoms with Crippen molar-refractivity contribution in [3.8, 4) is 0 Å². The van der Waals surface area contributed by atoms with E-state index < -0.39 is 5.97 Å². The van der Waals surface area contributed by atoms with Crippen LogP contribution >= 0.6 is 23.2 Å². The van der Waals surface area contributed by atoms with Crippen LogP contribution in [0.15, 0.2) is 18.2 Å². The highest BCUT2D eigenvalue weighted by atomic mass is 35.5. The standard InChI is InChI=1S/C13H15Cl2NO3/c1-8(6-12(18)19)5-11(17)16-7-9-3-2-4-10(14)13(9)15/h2-4,8H,5-7H2,1H3,(H,16,17)(H,18,19). The Balaban J connectivity index is 2.46. The van der Waals surface area contributed by atoms with E-state index in [1.165, 1.54) is 0 Å².